The number of amides is 1. The number of pyridine rings is 1. The van der Waals surface area contributed by atoms with Gasteiger partial charge < -0.3 is 10.0 Å². The summed E-state index contributed by atoms with van der Waals surface area (Å²) in [7, 11) is 0. The molecule has 1 amide bonds. The summed E-state index contributed by atoms with van der Waals surface area (Å²) in [5.74, 6) is -0.876. The lowest BCUT2D eigenvalue weighted by Crippen LogP contribution is -2.44. The first-order valence-electron chi connectivity index (χ1n) is 6.77. The summed E-state index contributed by atoms with van der Waals surface area (Å²) in [6.45, 7) is 3.85. The van der Waals surface area contributed by atoms with Gasteiger partial charge in [-0.25, -0.2) is 9.78 Å². The quantitative estimate of drug-likeness (QED) is 0.860. The van der Waals surface area contributed by atoms with Crippen LogP contribution in [-0.4, -0.2) is 44.0 Å². The van der Waals surface area contributed by atoms with Crippen LogP contribution < -0.4 is 0 Å². The van der Waals surface area contributed by atoms with Crippen molar-refractivity contribution in [3.05, 3.63) is 28.5 Å². The monoisotopic (exact) mass is 328 g/mol. The van der Waals surface area contributed by atoms with Crippen LogP contribution in [0.15, 0.2) is 12.1 Å². The third-order valence-corrected chi connectivity index (χ3v) is 4.75. The smallest absolute Gasteiger partial charge is 0.327 e. The van der Waals surface area contributed by atoms with Crippen molar-refractivity contribution in [2.75, 3.05) is 5.75 Å². The number of hydrogen-bond acceptors (Lipinski definition) is 4. The first kappa shape index (κ1) is 16.1. The molecule has 5 nitrogen and oxygen atoms in total. The number of carboxylic acid groups (broad SMARTS) is 1. The summed E-state index contributed by atoms with van der Waals surface area (Å²) in [4.78, 5) is 29.5. The zero-order valence-electron chi connectivity index (χ0n) is 11.9. The molecule has 2 atom stereocenters. The molecular formula is C14H17ClN2O3S. The van der Waals surface area contributed by atoms with Crippen LogP contribution in [0.3, 0.4) is 0 Å². The molecule has 2 unspecified atom stereocenters. The average Bonchev–Trinajstić information content (AvgIpc) is 2.79. The zero-order chi connectivity index (χ0) is 15.6. The molecule has 0 radical (unpaired) electrons. The Bertz CT molecular complexity index is 567. The molecule has 1 fully saturated rings. The second-order valence-electron chi connectivity index (χ2n) is 4.92. The zero-order valence-corrected chi connectivity index (χ0v) is 13.4. The molecular weight excluding hydrogens is 312 g/mol. The number of carboxylic acids is 1. The number of aliphatic carboxylic acids is 1. The Kier molecular flexibility index (Phi) is 5.11. The number of halogens is 1. The lowest BCUT2D eigenvalue weighted by Gasteiger charge is -2.25. The molecule has 1 aromatic heterocycles. The van der Waals surface area contributed by atoms with Gasteiger partial charge in [0.25, 0.3) is 5.91 Å². The maximum Gasteiger partial charge on any atom is 0.327 e. The van der Waals surface area contributed by atoms with Gasteiger partial charge in [-0.1, -0.05) is 24.9 Å². The predicted molar refractivity (Wildman–Crippen MR) is 82.8 cm³/mol. The van der Waals surface area contributed by atoms with E-state index in [1.165, 1.54) is 22.7 Å². The van der Waals surface area contributed by atoms with E-state index in [4.69, 9.17) is 11.6 Å². The topological polar surface area (TPSA) is 70.5 Å². The Labute approximate surface area is 132 Å². The van der Waals surface area contributed by atoms with Crippen LogP contribution in [-0.2, 0) is 11.2 Å². The molecule has 0 saturated carbocycles. The first-order valence-corrected chi connectivity index (χ1v) is 8.20. The number of rotatable bonds is 4. The number of carbonyl (C=O) groups is 2. The van der Waals surface area contributed by atoms with Crippen molar-refractivity contribution in [3.63, 3.8) is 0 Å². The number of thioether (sulfide) groups is 1. The summed E-state index contributed by atoms with van der Waals surface area (Å²) in [5.41, 5.74) is 1.15. The van der Waals surface area contributed by atoms with Crippen LogP contribution in [0.2, 0.25) is 5.15 Å². The molecule has 1 aliphatic heterocycles. The van der Waals surface area contributed by atoms with Crippen LogP contribution in [0.1, 0.15) is 36.3 Å². The van der Waals surface area contributed by atoms with Gasteiger partial charge in [0, 0.05) is 17.0 Å². The van der Waals surface area contributed by atoms with Crippen molar-refractivity contribution >= 4 is 35.2 Å². The highest BCUT2D eigenvalue weighted by Crippen LogP contribution is 2.30. The number of carbonyl (C=O) groups excluding carboxylic acids is 1. The minimum Gasteiger partial charge on any atom is -0.480 e. The molecule has 0 bridgehead atoms. The first-order chi connectivity index (χ1) is 9.93. The van der Waals surface area contributed by atoms with Gasteiger partial charge in [-0.05, 0) is 25.5 Å². The van der Waals surface area contributed by atoms with Crippen LogP contribution in [0.5, 0.6) is 0 Å². The molecule has 0 aliphatic carbocycles. The number of nitrogens with zero attached hydrogens (tertiary/aromatic N) is 2. The van der Waals surface area contributed by atoms with Gasteiger partial charge in [0.15, 0.2) is 0 Å². The van der Waals surface area contributed by atoms with E-state index >= 15 is 0 Å². The highest BCUT2D eigenvalue weighted by atomic mass is 35.5. The largest absolute Gasteiger partial charge is 0.480 e. The van der Waals surface area contributed by atoms with E-state index in [0.717, 1.165) is 18.5 Å². The van der Waals surface area contributed by atoms with Gasteiger partial charge >= 0.3 is 5.97 Å². The summed E-state index contributed by atoms with van der Waals surface area (Å²) >= 11 is 7.43. The molecule has 0 spiro atoms. The van der Waals surface area contributed by atoms with E-state index in [2.05, 4.69) is 4.98 Å². The molecule has 114 valence electrons. The summed E-state index contributed by atoms with van der Waals surface area (Å²) in [5, 5.41) is 9.34. The summed E-state index contributed by atoms with van der Waals surface area (Å²) in [6, 6.07) is 2.41. The van der Waals surface area contributed by atoms with Gasteiger partial charge in [-0.2, -0.15) is 0 Å². The molecule has 1 saturated heterocycles. The van der Waals surface area contributed by atoms with Crippen molar-refractivity contribution in [2.24, 2.45) is 0 Å². The fourth-order valence-corrected chi connectivity index (χ4v) is 3.74. The van der Waals surface area contributed by atoms with Gasteiger partial charge in [0.1, 0.15) is 11.2 Å². The van der Waals surface area contributed by atoms with Gasteiger partial charge in [0.05, 0.1) is 5.37 Å². The van der Waals surface area contributed by atoms with E-state index in [0.29, 0.717) is 11.3 Å². The van der Waals surface area contributed by atoms with Crippen LogP contribution in [0, 0.1) is 0 Å². The Morgan fingerprint density at radius 2 is 2.24 bits per heavy atom. The lowest BCUT2D eigenvalue weighted by molar-refractivity contribution is -0.141. The SMILES string of the molecule is CCCc1cc(C(=O)N2C(C)SCC2C(=O)O)cc(Cl)n1. The molecule has 7 heteroatoms. The fourth-order valence-electron chi connectivity index (χ4n) is 2.35. The van der Waals surface area contributed by atoms with Crippen LogP contribution >= 0.6 is 23.4 Å². The van der Waals surface area contributed by atoms with Crippen molar-refractivity contribution in [3.8, 4) is 0 Å². The third kappa shape index (κ3) is 3.49. The van der Waals surface area contributed by atoms with E-state index in [-0.39, 0.29) is 16.4 Å². The second-order valence-corrected chi connectivity index (χ2v) is 6.66. The minimum absolute atomic E-state index is 0.167. The van der Waals surface area contributed by atoms with E-state index in [9.17, 15) is 14.7 Å². The molecule has 1 N–H and O–H groups in total. The second kappa shape index (κ2) is 6.66. The number of aryl methyl sites for hydroxylation is 1. The molecule has 1 aromatic rings. The number of aromatic nitrogens is 1. The van der Waals surface area contributed by atoms with E-state index in [1.807, 2.05) is 13.8 Å². The van der Waals surface area contributed by atoms with Crippen molar-refractivity contribution in [1.82, 2.24) is 9.88 Å². The molecule has 2 rings (SSSR count). The standard InChI is InChI=1S/C14H17ClN2O3S/c1-3-4-10-5-9(6-12(15)16-10)13(18)17-8(2)21-7-11(17)14(19)20/h5-6,8,11H,3-4,7H2,1-2H3,(H,19,20). The molecule has 1 aliphatic rings. The Balaban J connectivity index is 2.32. The van der Waals surface area contributed by atoms with Gasteiger partial charge in [-0.3, -0.25) is 4.79 Å². The highest BCUT2D eigenvalue weighted by Gasteiger charge is 2.39. The van der Waals surface area contributed by atoms with Crippen molar-refractivity contribution in [2.45, 2.75) is 38.1 Å². The maximum atomic E-state index is 12.6. The van der Waals surface area contributed by atoms with Crippen molar-refractivity contribution < 1.29 is 14.7 Å². The maximum absolute atomic E-state index is 12.6. The summed E-state index contributed by atoms with van der Waals surface area (Å²) in [6.07, 6.45) is 1.63. The van der Waals surface area contributed by atoms with Crippen LogP contribution in [0.4, 0.5) is 0 Å². The molecule has 2 heterocycles. The van der Waals surface area contributed by atoms with Crippen molar-refractivity contribution in [1.29, 1.82) is 0 Å². The van der Waals surface area contributed by atoms with E-state index in [1.54, 1.807) is 6.07 Å². The Morgan fingerprint density at radius 3 is 2.86 bits per heavy atom. The van der Waals surface area contributed by atoms with E-state index < -0.39 is 12.0 Å². The van der Waals surface area contributed by atoms with Gasteiger partial charge in [0.2, 0.25) is 0 Å². The van der Waals surface area contributed by atoms with Gasteiger partial charge in [-0.15, -0.1) is 11.8 Å². The van der Waals surface area contributed by atoms with Crippen LogP contribution in [0.25, 0.3) is 0 Å². The minimum atomic E-state index is -0.978. The molecule has 0 aromatic carbocycles. The average molecular weight is 329 g/mol. The number of hydrogen-bond donors (Lipinski definition) is 1. The summed E-state index contributed by atoms with van der Waals surface area (Å²) < 4.78 is 0. The lowest BCUT2D eigenvalue weighted by atomic mass is 10.1. The fraction of sp³-hybridized carbons (Fsp3) is 0.500. The third-order valence-electron chi connectivity index (χ3n) is 3.34. The predicted octanol–water partition coefficient (Wildman–Crippen LogP) is 2.68. The Hall–Kier alpha value is -1.27. The molecule has 21 heavy (non-hydrogen) atoms. The Morgan fingerprint density at radius 1 is 1.52 bits per heavy atom. The normalized spacial score (nSPS) is 21.6. The highest BCUT2D eigenvalue weighted by molar-refractivity contribution is 8.00.